The topological polar surface area (TPSA) is 62.2 Å². The summed E-state index contributed by atoms with van der Waals surface area (Å²) in [5.41, 5.74) is -0.273. The summed E-state index contributed by atoms with van der Waals surface area (Å²) in [6, 6.07) is 4.54. The highest BCUT2D eigenvalue weighted by Gasteiger charge is 2.39. The Morgan fingerprint density at radius 2 is 2.12 bits per heavy atom. The maximum Gasteiger partial charge on any atom is 0.227 e. The van der Waals surface area contributed by atoms with Gasteiger partial charge in [-0.3, -0.25) is 9.69 Å². The number of rotatable bonds is 5. The number of hydrogen-bond donors (Lipinski definition) is 1. The average molecular weight is 352 g/mol. The molecule has 0 saturated carbocycles. The third-order valence-electron chi connectivity index (χ3n) is 4.88. The van der Waals surface area contributed by atoms with Gasteiger partial charge in [-0.15, -0.1) is 0 Å². The Morgan fingerprint density at radius 3 is 2.80 bits per heavy atom. The number of morpholine rings is 1. The third-order valence-corrected chi connectivity index (χ3v) is 4.88. The first-order valence-electron chi connectivity index (χ1n) is 8.62. The van der Waals surface area contributed by atoms with Crippen molar-refractivity contribution in [2.24, 2.45) is 0 Å². The van der Waals surface area contributed by atoms with E-state index in [2.05, 4.69) is 4.90 Å². The second kappa shape index (κ2) is 7.68. The number of benzene rings is 1. The van der Waals surface area contributed by atoms with E-state index >= 15 is 0 Å². The largest absolute Gasteiger partial charge is 0.494 e. The summed E-state index contributed by atoms with van der Waals surface area (Å²) in [4.78, 5) is 16.3. The smallest absolute Gasteiger partial charge is 0.227 e. The monoisotopic (exact) mass is 352 g/mol. The standard InChI is InChI=1S/C18H25FN2O4/c1-24-16-3-2-14(10-15(16)19)11-17(22)21-5-4-18(23,13-21)12-20-6-8-25-9-7-20/h2-3,10,23H,4-9,11-13H2,1H3/t18-/m1/s1. The molecule has 7 heteroatoms. The molecule has 138 valence electrons. The molecule has 3 rings (SSSR count). The van der Waals surface area contributed by atoms with Crippen LogP contribution in [0.25, 0.3) is 0 Å². The molecule has 0 radical (unpaired) electrons. The lowest BCUT2D eigenvalue weighted by Crippen LogP contribution is -2.49. The minimum Gasteiger partial charge on any atom is -0.494 e. The van der Waals surface area contributed by atoms with E-state index in [1.807, 2.05) is 0 Å². The zero-order valence-electron chi connectivity index (χ0n) is 14.5. The van der Waals surface area contributed by atoms with Crippen LogP contribution in [0.5, 0.6) is 5.75 Å². The highest BCUT2D eigenvalue weighted by Crippen LogP contribution is 2.24. The molecule has 1 atom stereocenters. The predicted molar refractivity (Wildman–Crippen MR) is 90.1 cm³/mol. The van der Waals surface area contributed by atoms with Gasteiger partial charge in [0, 0.05) is 26.2 Å². The molecule has 0 unspecified atom stereocenters. The summed E-state index contributed by atoms with van der Waals surface area (Å²) >= 11 is 0. The van der Waals surface area contributed by atoms with E-state index in [1.165, 1.54) is 19.2 Å². The van der Waals surface area contributed by atoms with Crippen molar-refractivity contribution in [2.75, 3.05) is 53.0 Å². The molecule has 1 aromatic rings. The lowest BCUT2D eigenvalue weighted by Gasteiger charge is -2.33. The number of carbonyl (C=O) groups excluding carboxylic acids is 1. The number of ether oxygens (including phenoxy) is 2. The third kappa shape index (κ3) is 4.48. The van der Waals surface area contributed by atoms with Crippen molar-refractivity contribution in [2.45, 2.75) is 18.4 Å². The number of methoxy groups -OCH3 is 1. The molecule has 0 aliphatic carbocycles. The molecule has 2 fully saturated rings. The molecule has 1 aromatic carbocycles. The molecule has 0 spiro atoms. The number of nitrogens with zero attached hydrogens (tertiary/aromatic N) is 2. The first-order chi connectivity index (χ1) is 12.0. The zero-order chi connectivity index (χ0) is 17.9. The minimum atomic E-state index is -0.877. The molecule has 25 heavy (non-hydrogen) atoms. The summed E-state index contributed by atoms with van der Waals surface area (Å²) in [6.45, 7) is 4.38. The molecule has 2 heterocycles. The zero-order valence-corrected chi connectivity index (χ0v) is 14.5. The second-order valence-corrected chi connectivity index (χ2v) is 6.82. The van der Waals surface area contributed by atoms with Crippen molar-refractivity contribution < 1.29 is 23.8 Å². The summed E-state index contributed by atoms with van der Waals surface area (Å²) < 4.78 is 24.0. The minimum absolute atomic E-state index is 0.0949. The van der Waals surface area contributed by atoms with Crippen molar-refractivity contribution in [3.05, 3.63) is 29.6 Å². The van der Waals surface area contributed by atoms with Gasteiger partial charge in [-0.2, -0.15) is 0 Å². The van der Waals surface area contributed by atoms with Crippen molar-refractivity contribution in [3.63, 3.8) is 0 Å². The fraction of sp³-hybridized carbons (Fsp3) is 0.611. The van der Waals surface area contributed by atoms with Gasteiger partial charge in [-0.1, -0.05) is 6.07 Å². The van der Waals surface area contributed by atoms with Crippen LogP contribution < -0.4 is 4.74 Å². The van der Waals surface area contributed by atoms with Crippen molar-refractivity contribution in [1.29, 1.82) is 0 Å². The molecule has 1 amide bonds. The van der Waals surface area contributed by atoms with Gasteiger partial charge < -0.3 is 19.5 Å². The van der Waals surface area contributed by atoms with Crippen molar-refractivity contribution in [3.8, 4) is 5.75 Å². The first kappa shape index (κ1) is 18.1. The lowest BCUT2D eigenvalue weighted by atomic mass is 10.0. The SMILES string of the molecule is COc1ccc(CC(=O)N2CC[C@@](O)(CN3CCOCC3)C2)cc1F. The van der Waals surface area contributed by atoms with E-state index in [0.29, 0.717) is 44.8 Å². The van der Waals surface area contributed by atoms with Crippen LogP contribution in [0.4, 0.5) is 4.39 Å². The van der Waals surface area contributed by atoms with Gasteiger partial charge in [0.2, 0.25) is 5.91 Å². The van der Waals surface area contributed by atoms with Gasteiger partial charge in [0.1, 0.15) is 0 Å². The fourth-order valence-corrected chi connectivity index (χ4v) is 3.48. The summed E-state index contributed by atoms with van der Waals surface area (Å²) in [6.07, 6.45) is 0.682. The molecule has 0 bridgehead atoms. The highest BCUT2D eigenvalue weighted by molar-refractivity contribution is 5.79. The number of β-amino-alcohol motifs (C(OH)–C–C–N with tert-alkyl or cyclic N) is 1. The van der Waals surface area contributed by atoms with E-state index in [9.17, 15) is 14.3 Å². The van der Waals surface area contributed by atoms with Crippen LogP contribution in [-0.2, 0) is 16.0 Å². The molecule has 2 saturated heterocycles. The first-order valence-corrected chi connectivity index (χ1v) is 8.62. The molecule has 2 aliphatic rings. The van der Waals surface area contributed by atoms with Crippen LogP contribution in [0.3, 0.4) is 0 Å². The van der Waals surface area contributed by atoms with Crippen molar-refractivity contribution >= 4 is 5.91 Å². The maximum atomic E-state index is 13.8. The summed E-state index contributed by atoms with van der Waals surface area (Å²) in [7, 11) is 1.41. The van der Waals surface area contributed by atoms with E-state index in [-0.39, 0.29) is 18.1 Å². The van der Waals surface area contributed by atoms with Crippen LogP contribution >= 0.6 is 0 Å². The van der Waals surface area contributed by atoms with Gasteiger partial charge in [0.05, 0.1) is 38.9 Å². The molecule has 1 N–H and O–H groups in total. The molecular weight excluding hydrogens is 327 g/mol. The Balaban J connectivity index is 1.55. The average Bonchev–Trinajstić information content (AvgIpc) is 2.98. The Bertz CT molecular complexity index is 621. The number of carbonyl (C=O) groups is 1. The van der Waals surface area contributed by atoms with Crippen LogP contribution in [0.15, 0.2) is 18.2 Å². The summed E-state index contributed by atoms with van der Waals surface area (Å²) in [5, 5.41) is 10.8. The Labute approximate surface area is 147 Å². The van der Waals surface area contributed by atoms with Crippen LogP contribution in [0.1, 0.15) is 12.0 Å². The molecule has 6 nitrogen and oxygen atoms in total. The van der Waals surface area contributed by atoms with Gasteiger partial charge in [0.15, 0.2) is 11.6 Å². The molecule has 0 aromatic heterocycles. The maximum absolute atomic E-state index is 13.8. The van der Waals surface area contributed by atoms with Crippen LogP contribution in [0, 0.1) is 5.82 Å². The quantitative estimate of drug-likeness (QED) is 0.844. The van der Waals surface area contributed by atoms with Crippen LogP contribution in [0.2, 0.25) is 0 Å². The normalized spacial score (nSPS) is 24.5. The number of amides is 1. The van der Waals surface area contributed by atoms with Crippen LogP contribution in [-0.4, -0.2) is 79.5 Å². The van der Waals surface area contributed by atoms with Gasteiger partial charge in [-0.05, 0) is 24.1 Å². The Morgan fingerprint density at radius 1 is 1.36 bits per heavy atom. The molecule has 2 aliphatic heterocycles. The van der Waals surface area contributed by atoms with E-state index in [4.69, 9.17) is 9.47 Å². The van der Waals surface area contributed by atoms with Gasteiger partial charge in [0.25, 0.3) is 0 Å². The number of hydrogen-bond acceptors (Lipinski definition) is 5. The lowest BCUT2D eigenvalue weighted by molar-refractivity contribution is -0.130. The Kier molecular flexibility index (Phi) is 5.56. The summed E-state index contributed by atoms with van der Waals surface area (Å²) in [5.74, 6) is -0.405. The van der Waals surface area contributed by atoms with Crippen molar-refractivity contribution in [1.82, 2.24) is 9.80 Å². The Hall–Kier alpha value is -1.70. The highest BCUT2D eigenvalue weighted by atomic mass is 19.1. The fourth-order valence-electron chi connectivity index (χ4n) is 3.48. The number of aliphatic hydroxyl groups is 1. The van der Waals surface area contributed by atoms with E-state index in [0.717, 1.165) is 13.1 Å². The predicted octanol–water partition coefficient (Wildman–Crippen LogP) is 0.672. The second-order valence-electron chi connectivity index (χ2n) is 6.82. The molecular formula is C18H25FN2O4. The van der Waals surface area contributed by atoms with Gasteiger partial charge >= 0.3 is 0 Å². The number of likely N-dealkylation sites (tertiary alicyclic amines) is 1. The van der Waals surface area contributed by atoms with E-state index < -0.39 is 11.4 Å². The van der Waals surface area contributed by atoms with Gasteiger partial charge in [-0.25, -0.2) is 4.39 Å². The number of halogens is 1. The van der Waals surface area contributed by atoms with E-state index in [1.54, 1.807) is 11.0 Å².